The first-order valence-corrected chi connectivity index (χ1v) is 12.9. The Hall–Kier alpha value is -3.75. The van der Waals surface area contributed by atoms with Gasteiger partial charge in [-0.2, -0.15) is 0 Å². The number of aromatic nitrogens is 3. The van der Waals surface area contributed by atoms with Crippen LogP contribution in [0.4, 0.5) is 4.79 Å². The van der Waals surface area contributed by atoms with Crippen LogP contribution in [0.2, 0.25) is 0 Å². The standard InChI is InChI=1S/C28H34N6O3.2H2/c1-18-32-33-25-24(29-12-8-9-13-30-26(36)37-27(2,3)4)31-21-15-22(34(18)25)14-20-16-28(20,17-21)23(35)19-10-6-5-7-11-19;;/h5-7,10-11,14,17,20H,8-9,12-13,15-16H2,1-4H3,(H,29,31)(H,30,36);2*1H. The molecule has 9 nitrogen and oxygen atoms in total. The average molecular weight is 507 g/mol. The van der Waals surface area contributed by atoms with E-state index in [1.54, 1.807) is 0 Å². The van der Waals surface area contributed by atoms with Crippen molar-refractivity contribution in [3.63, 3.8) is 0 Å². The zero-order valence-corrected chi connectivity index (χ0v) is 21.9. The van der Waals surface area contributed by atoms with Gasteiger partial charge in [-0.1, -0.05) is 42.5 Å². The molecule has 2 bridgehead atoms. The van der Waals surface area contributed by atoms with E-state index >= 15 is 0 Å². The maximum absolute atomic E-state index is 13.5. The lowest BCUT2D eigenvalue weighted by Crippen LogP contribution is -2.33. The molecule has 1 fully saturated rings. The average Bonchev–Trinajstić information content (AvgIpc) is 3.46. The Bertz CT molecular complexity index is 1310. The molecular formula is C28H38N6O3. The van der Waals surface area contributed by atoms with E-state index in [-0.39, 0.29) is 14.6 Å². The van der Waals surface area contributed by atoms with Crippen LogP contribution in [0.3, 0.4) is 0 Å². The number of amidine groups is 1. The van der Waals surface area contributed by atoms with Crippen LogP contribution in [0.25, 0.3) is 5.70 Å². The summed E-state index contributed by atoms with van der Waals surface area (Å²) in [6.07, 6.45) is 6.94. The van der Waals surface area contributed by atoms with Crippen molar-refractivity contribution in [3.05, 3.63) is 65.4 Å². The smallest absolute Gasteiger partial charge is 0.407 e. The topological polar surface area (TPSA) is 111 Å². The lowest BCUT2D eigenvalue weighted by Gasteiger charge is -2.19. The number of allylic oxidation sites excluding steroid dienone is 3. The maximum Gasteiger partial charge on any atom is 0.407 e. The third kappa shape index (κ3) is 5.21. The van der Waals surface area contributed by atoms with Crippen LogP contribution in [0.5, 0.6) is 0 Å². The van der Waals surface area contributed by atoms with Crippen LogP contribution in [0, 0.1) is 18.3 Å². The summed E-state index contributed by atoms with van der Waals surface area (Å²) < 4.78 is 7.32. The second-order valence-corrected chi connectivity index (χ2v) is 10.9. The summed E-state index contributed by atoms with van der Waals surface area (Å²) in [4.78, 5) is 30.2. The lowest BCUT2D eigenvalue weighted by atomic mass is 9.91. The molecule has 1 saturated carbocycles. The van der Waals surface area contributed by atoms with Crippen molar-refractivity contribution in [1.82, 2.24) is 25.4 Å². The van der Waals surface area contributed by atoms with Gasteiger partial charge in [-0.05, 0) is 52.9 Å². The number of alkyl carbamates (subject to hydrolysis) is 1. The van der Waals surface area contributed by atoms with Gasteiger partial charge in [0.2, 0.25) is 5.82 Å². The van der Waals surface area contributed by atoms with Crippen molar-refractivity contribution in [2.45, 2.75) is 59.0 Å². The van der Waals surface area contributed by atoms with Crippen molar-refractivity contribution >= 4 is 23.4 Å². The van der Waals surface area contributed by atoms with Gasteiger partial charge in [0.15, 0.2) is 11.6 Å². The largest absolute Gasteiger partial charge is 0.444 e. The first kappa shape index (κ1) is 24.9. The van der Waals surface area contributed by atoms with Crippen molar-refractivity contribution in [3.8, 4) is 0 Å². The number of nitrogens with one attached hydrogen (secondary N) is 2. The molecule has 1 amide bonds. The second-order valence-electron chi connectivity index (χ2n) is 10.9. The van der Waals surface area contributed by atoms with E-state index in [0.717, 1.165) is 42.0 Å². The number of fused-ring (bicyclic) bond motifs is 5. The van der Waals surface area contributed by atoms with Crippen LogP contribution in [-0.4, -0.2) is 51.2 Å². The molecule has 0 spiro atoms. The molecule has 37 heavy (non-hydrogen) atoms. The molecule has 1 aromatic heterocycles. The number of ketones is 1. The zero-order chi connectivity index (χ0) is 26.2. The fourth-order valence-corrected chi connectivity index (χ4v) is 5.06. The molecule has 0 saturated heterocycles. The van der Waals surface area contributed by atoms with Crippen molar-refractivity contribution in [2.75, 3.05) is 13.1 Å². The number of Topliss-reactive ketones (excluding diaryl/α,β-unsaturated/α-hetero) is 1. The number of hydrogen-bond donors (Lipinski definition) is 2. The predicted octanol–water partition coefficient (Wildman–Crippen LogP) is 4.75. The van der Waals surface area contributed by atoms with E-state index in [1.807, 2.05) is 58.0 Å². The van der Waals surface area contributed by atoms with E-state index < -0.39 is 17.1 Å². The minimum Gasteiger partial charge on any atom is -0.444 e. The summed E-state index contributed by atoms with van der Waals surface area (Å²) in [7, 11) is 0. The number of amides is 1. The van der Waals surface area contributed by atoms with Crippen LogP contribution in [-0.2, 0) is 4.74 Å². The first-order valence-electron chi connectivity index (χ1n) is 12.9. The highest BCUT2D eigenvalue weighted by Crippen LogP contribution is 2.59. The van der Waals surface area contributed by atoms with Gasteiger partial charge in [-0.25, -0.2) is 4.79 Å². The molecule has 198 valence electrons. The molecule has 5 rings (SSSR count). The van der Waals surface area contributed by atoms with Crippen molar-refractivity contribution in [2.24, 2.45) is 16.3 Å². The van der Waals surface area contributed by atoms with Crippen LogP contribution >= 0.6 is 0 Å². The highest BCUT2D eigenvalue weighted by molar-refractivity contribution is 6.05. The minimum absolute atomic E-state index is 0. The predicted molar refractivity (Wildman–Crippen MR) is 145 cm³/mol. The fraction of sp³-hybridized carbons (Fsp3) is 0.464. The highest BCUT2D eigenvalue weighted by atomic mass is 16.6. The molecule has 1 aromatic carbocycles. The van der Waals surface area contributed by atoms with E-state index in [4.69, 9.17) is 9.73 Å². The maximum atomic E-state index is 13.5. The van der Waals surface area contributed by atoms with Gasteiger partial charge in [-0.3, -0.25) is 14.4 Å². The number of aryl methyl sites for hydroxylation is 1. The SMILES string of the molecule is Cc1nnc2n1C1=CC3CC3(C(=O)c3ccccc3)C=C(C1)NC2=NCCCCNC(=O)OC(C)(C)C.[HH].[HH]. The Balaban J connectivity index is 0.00000210. The third-order valence-electron chi connectivity index (χ3n) is 6.84. The summed E-state index contributed by atoms with van der Waals surface area (Å²) >= 11 is 0. The van der Waals surface area contributed by atoms with E-state index in [0.29, 0.717) is 31.2 Å². The van der Waals surface area contributed by atoms with Crippen molar-refractivity contribution in [1.29, 1.82) is 0 Å². The Morgan fingerprint density at radius 1 is 1.24 bits per heavy atom. The number of rotatable bonds is 7. The number of carbonyl (C=O) groups is 2. The molecule has 2 N–H and O–H groups in total. The Morgan fingerprint density at radius 2 is 2.03 bits per heavy atom. The molecule has 0 radical (unpaired) electrons. The summed E-state index contributed by atoms with van der Waals surface area (Å²) in [5, 5.41) is 15.0. The number of ether oxygens (including phenoxy) is 1. The molecule has 2 atom stereocenters. The van der Waals surface area contributed by atoms with E-state index in [1.165, 1.54) is 0 Å². The fourth-order valence-electron chi connectivity index (χ4n) is 5.06. The molecule has 1 aliphatic heterocycles. The Morgan fingerprint density at radius 3 is 2.78 bits per heavy atom. The molecule has 2 aliphatic carbocycles. The molecule has 2 heterocycles. The van der Waals surface area contributed by atoms with Gasteiger partial charge in [0.1, 0.15) is 11.4 Å². The number of nitrogens with zero attached hydrogens (tertiary/aromatic N) is 4. The van der Waals surface area contributed by atoms with Crippen LogP contribution < -0.4 is 10.6 Å². The van der Waals surface area contributed by atoms with Gasteiger partial charge in [0.25, 0.3) is 0 Å². The summed E-state index contributed by atoms with van der Waals surface area (Å²) in [5.74, 6) is 2.44. The Kier molecular flexibility index (Phi) is 6.47. The van der Waals surface area contributed by atoms with Gasteiger partial charge in [-0.15, -0.1) is 10.2 Å². The number of carbonyl (C=O) groups excluding carboxylic acids is 2. The number of hydrogen-bond acceptors (Lipinski definition) is 6. The first-order chi connectivity index (χ1) is 17.7. The van der Waals surface area contributed by atoms with Gasteiger partial charge >= 0.3 is 6.09 Å². The molecule has 9 heteroatoms. The van der Waals surface area contributed by atoms with Gasteiger partial charge in [0.05, 0.1) is 5.41 Å². The monoisotopic (exact) mass is 506 g/mol. The summed E-state index contributed by atoms with van der Waals surface area (Å²) in [6, 6.07) is 9.53. The zero-order valence-electron chi connectivity index (χ0n) is 21.9. The Labute approximate surface area is 220 Å². The number of unbranched alkanes of at least 4 members (excludes halogenated alkanes) is 1. The van der Waals surface area contributed by atoms with Gasteiger partial charge < -0.3 is 15.4 Å². The van der Waals surface area contributed by atoms with Crippen LogP contribution in [0.15, 0.2) is 53.2 Å². The van der Waals surface area contributed by atoms with E-state index in [2.05, 4.69) is 37.6 Å². The third-order valence-corrected chi connectivity index (χ3v) is 6.84. The molecule has 2 aromatic rings. The quantitative estimate of drug-likeness (QED) is 0.414. The van der Waals surface area contributed by atoms with Crippen molar-refractivity contribution < 1.29 is 17.2 Å². The van der Waals surface area contributed by atoms with Gasteiger partial charge in [0, 0.05) is 39.3 Å². The van der Waals surface area contributed by atoms with Crippen LogP contribution in [0.1, 0.15) is 71.3 Å². The normalized spacial score (nSPS) is 22.9. The second kappa shape index (κ2) is 9.61. The highest BCUT2D eigenvalue weighted by Gasteiger charge is 2.58. The summed E-state index contributed by atoms with van der Waals surface area (Å²) in [5.41, 5.74) is 1.74. The minimum atomic E-state index is -0.525. The molecular weight excluding hydrogens is 468 g/mol. The number of aliphatic imine (C=N–C) groups is 1. The van der Waals surface area contributed by atoms with E-state index in [9.17, 15) is 9.59 Å². The summed E-state index contributed by atoms with van der Waals surface area (Å²) in [6.45, 7) is 8.54. The molecule has 2 unspecified atom stereocenters. The lowest BCUT2D eigenvalue weighted by molar-refractivity contribution is 0.0527. The number of benzene rings is 1. The molecule has 3 aliphatic rings.